The van der Waals surface area contributed by atoms with E-state index in [9.17, 15) is 9.59 Å². The number of aromatic nitrogens is 2. The number of hydrogen-bond donors (Lipinski definition) is 0. The average molecular weight is 338 g/mol. The lowest BCUT2D eigenvalue weighted by Crippen LogP contribution is -2.56. The summed E-state index contributed by atoms with van der Waals surface area (Å²) < 4.78 is 1.30. The fourth-order valence-electron chi connectivity index (χ4n) is 3.78. The average Bonchev–Trinajstić information content (AvgIpc) is 2.68. The van der Waals surface area contributed by atoms with E-state index < -0.39 is 0 Å². The van der Waals surface area contributed by atoms with Crippen LogP contribution in [-0.4, -0.2) is 57.7 Å². The third kappa shape index (κ3) is 3.22. The van der Waals surface area contributed by atoms with Gasteiger partial charge in [-0.25, -0.2) is 0 Å². The molecule has 0 aliphatic carbocycles. The van der Waals surface area contributed by atoms with E-state index in [0.717, 1.165) is 32.6 Å². The number of rotatable bonds is 2. The van der Waals surface area contributed by atoms with Gasteiger partial charge in [-0.15, -0.1) is 0 Å². The molecule has 0 bridgehead atoms. The van der Waals surface area contributed by atoms with E-state index in [4.69, 9.17) is 0 Å². The molecule has 0 N–H and O–H groups in total. The zero-order valence-electron chi connectivity index (χ0n) is 14.2. The van der Waals surface area contributed by atoms with Gasteiger partial charge in [-0.2, -0.15) is 9.78 Å². The molecule has 4 rings (SSSR count). The van der Waals surface area contributed by atoms with Gasteiger partial charge in [0.1, 0.15) is 5.69 Å². The van der Waals surface area contributed by atoms with Crippen LogP contribution in [0.3, 0.4) is 0 Å². The summed E-state index contributed by atoms with van der Waals surface area (Å²) in [7, 11) is 0. The zero-order valence-corrected chi connectivity index (χ0v) is 14.2. The number of piperazine rings is 1. The van der Waals surface area contributed by atoms with Crippen LogP contribution in [0.4, 0.5) is 0 Å². The molecule has 1 unspecified atom stereocenters. The maximum Gasteiger partial charge on any atom is 0.274 e. The molecular weight excluding hydrogens is 316 g/mol. The summed E-state index contributed by atoms with van der Waals surface area (Å²) in [6.07, 6.45) is 3.65. The van der Waals surface area contributed by atoms with Gasteiger partial charge in [-0.3, -0.25) is 14.5 Å². The maximum absolute atomic E-state index is 12.9. The van der Waals surface area contributed by atoms with Crippen LogP contribution >= 0.6 is 0 Å². The Bertz CT molecular complexity index is 818. The van der Waals surface area contributed by atoms with Crippen molar-refractivity contribution in [1.82, 2.24) is 19.6 Å². The lowest BCUT2D eigenvalue weighted by Gasteiger charge is -2.43. The maximum atomic E-state index is 12.9. The van der Waals surface area contributed by atoms with Crippen LogP contribution in [0.2, 0.25) is 0 Å². The molecule has 0 spiro atoms. The summed E-state index contributed by atoms with van der Waals surface area (Å²) in [6.45, 7) is 3.55. The van der Waals surface area contributed by atoms with Gasteiger partial charge >= 0.3 is 0 Å². The molecule has 1 aromatic carbocycles. The smallest absolute Gasteiger partial charge is 0.274 e. The Labute approximate surface area is 146 Å². The largest absolute Gasteiger partial charge is 0.334 e. The first kappa shape index (κ1) is 16.0. The van der Waals surface area contributed by atoms with Crippen LogP contribution in [0.1, 0.15) is 29.8 Å². The molecule has 2 aliphatic rings. The molecule has 2 saturated heterocycles. The molecule has 130 valence electrons. The highest BCUT2D eigenvalue weighted by Gasteiger charge is 2.31. The van der Waals surface area contributed by atoms with Crippen LogP contribution in [0.25, 0.3) is 5.69 Å². The van der Waals surface area contributed by atoms with Crippen molar-refractivity contribution in [3.63, 3.8) is 0 Å². The number of benzene rings is 1. The highest BCUT2D eigenvalue weighted by molar-refractivity contribution is 5.92. The molecule has 0 saturated carbocycles. The third-order valence-corrected chi connectivity index (χ3v) is 5.14. The lowest BCUT2D eigenvalue weighted by atomic mass is 9.99. The molecule has 3 heterocycles. The standard InChI is InChI=1S/C19H22N4O2/c24-18-10-9-17(20-23(18)15-6-2-1-3-7-15)19(25)22-13-12-21-11-5-4-8-16(21)14-22/h1-3,6-7,9-10,16H,4-5,8,11-14H2. The summed E-state index contributed by atoms with van der Waals surface area (Å²) in [5.74, 6) is -0.0881. The Hall–Kier alpha value is -2.47. The van der Waals surface area contributed by atoms with Crippen LogP contribution in [0.15, 0.2) is 47.3 Å². The van der Waals surface area contributed by atoms with Crippen molar-refractivity contribution in [2.24, 2.45) is 0 Å². The Balaban J connectivity index is 1.57. The summed E-state index contributed by atoms with van der Waals surface area (Å²) >= 11 is 0. The van der Waals surface area contributed by atoms with Crippen molar-refractivity contribution >= 4 is 5.91 Å². The molecule has 1 amide bonds. The third-order valence-electron chi connectivity index (χ3n) is 5.14. The molecule has 2 fully saturated rings. The van der Waals surface area contributed by atoms with Crippen molar-refractivity contribution in [2.75, 3.05) is 26.2 Å². The van der Waals surface area contributed by atoms with E-state index >= 15 is 0 Å². The first-order valence-electron chi connectivity index (χ1n) is 8.91. The second-order valence-electron chi connectivity index (χ2n) is 6.74. The zero-order chi connectivity index (χ0) is 17.2. The first-order valence-corrected chi connectivity index (χ1v) is 8.91. The number of carbonyl (C=O) groups is 1. The molecule has 0 radical (unpaired) electrons. The Kier molecular flexibility index (Phi) is 4.36. The molecule has 1 aromatic heterocycles. The van der Waals surface area contributed by atoms with Crippen molar-refractivity contribution in [2.45, 2.75) is 25.3 Å². The fraction of sp³-hybridized carbons (Fsp3) is 0.421. The summed E-state index contributed by atoms with van der Waals surface area (Å²) in [6, 6.07) is 12.6. The molecule has 6 nitrogen and oxygen atoms in total. The first-order chi connectivity index (χ1) is 12.2. The van der Waals surface area contributed by atoms with E-state index in [1.54, 1.807) is 0 Å². The number of amides is 1. The van der Waals surface area contributed by atoms with Crippen molar-refractivity contribution in [3.8, 4) is 5.69 Å². The van der Waals surface area contributed by atoms with Crippen LogP contribution in [-0.2, 0) is 0 Å². The van der Waals surface area contributed by atoms with Gasteiger partial charge < -0.3 is 4.90 Å². The quantitative estimate of drug-likeness (QED) is 0.833. The number of piperidine rings is 1. The van der Waals surface area contributed by atoms with E-state index in [1.165, 1.54) is 29.7 Å². The number of carbonyl (C=O) groups excluding carboxylic acids is 1. The number of fused-ring (bicyclic) bond motifs is 1. The van der Waals surface area contributed by atoms with Gasteiger partial charge in [0.05, 0.1) is 5.69 Å². The normalized spacial score (nSPS) is 21.0. The van der Waals surface area contributed by atoms with Crippen LogP contribution in [0.5, 0.6) is 0 Å². The van der Waals surface area contributed by atoms with Gasteiger partial charge in [-0.05, 0) is 37.6 Å². The van der Waals surface area contributed by atoms with E-state index in [0.29, 0.717) is 17.4 Å². The van der Waals surface area contributed by atoms with Crippen molar-refractivity contribution < 1.29 is 4.79 Å². The molecule has 2 aliphatic heterocycles. The highest BCUT2D eigenvalue weighted by Crippen LogP contribution is 2.21. The number of para-hydroxylation sites is 1. The molecule has 6 heteroatoms. The van der Waals surface area contributed by atoms with Gasteiger partial charge in [0.15, 0.2) is 0 Å². The van der Waals surface area contributed by atoms with Gasteiger partial charge in [-0.1, -0.05) is 24.6 Å². The Morgan fingerprint density at radius 3 is 2.68 bits per heavy atom. The fourth-order valence-corrected chi connectivity index (χ4v) is 3.78. The Morgan fingerprint density at radius 2 is 1.84 bits per heavy atom. The molecule has 25 heavy (non-hydrogen) atoms. The SMILES string of the molecule is O=C(c1ccc(=O)n(-c2ccccc2)n1)N1CCN2CCCCC2C1. The highest BCUT2D eigenvalue weighted by atomic mass is 16.2. The lowest BCUT2D eigenvalue weighted by molar-refractivity contribution is 0.0367. The Morgan fingerprint density at radius 1 is 1.00 bits per heavy atom. The van der Waals surface area contributed by atoms with Gasteiger partial charge in [0.2, 0.25) is 0 Å². The number of hydrogen-bond acceptors (Lipinski definition) is 4. The van der Waals surface area contributed by atoms with Gasteiger partial charge in [0, 0.05) is 31.7 Å². The minimum absolute atomic E-state index is 0.0881. The second-order valence-corrected chi connectivity index (χ2v) is 6.74. The minimum Gasteiger partial charge on any atom is -0.334 e. The summed E-state index contributed by atoms with van der Waals surface area (Å²) in [5, 5.41) is 4.32. The summed E-state index contributed by atoms with van der Waals surface area (Å²) in [4.78, 5) is 29.4. The topological polar surface area (TPSA) is 58.4 Å². The molecular formula is C19H22N4O2. The predicted molar refractivity (Wildman–Crippen MR) is 94.9 cm³/mol. The second kappa shape index (κ2) is 6.80. The van der Waals surface area contributed by atoms with E-state index in [-0.39, 0.29) is 11.5 Å². The molecule has 1 atom stereocenters. The van der Waals surface area contributed by atoms with E-state index in [1.807, 2.05) is 35.2 Å². The summed E-state index contributed by atoms with van der Waals surface area (Å²) in [5.41, 5.74) is 0.756. The van der Waals surface area contributed by atoms with Crippen molar-refractivity contribution in [1.29, 1.82) is 0 Å². The van der Waals surface area contributed by atoms with Crippen LogP contribution in [0, 0.1) is 0 Å². The minimum atomic E-state index is -0.236. The van der Waals surface area contributed by atoms with Gasteiger partial charge in [0.25, 0.3) is 11.5 Å². The predicted octanol–water partition coefficient (Wildman–Crippen LogP) is 1.54. The number of nitrogens with zero attached hydrogens (tertiary/aromatic N) is 4. The van der Waals surface area contributed by atoms with Crippen molar-refractivity contribution in [3.05, 3.63) is 58.5 Å². The monoisotopic (exact) mass is 338 g/mol. The molecule has 2 aromatic rings. The van der Waals surface area contributed by atoms with E-state index in [2.05, 4.69) is 10.00 Å². The van der Waals surface area contributed by atoms with Crippen LogP contribution < -0.4 is 5.56 Å².